The Bertz CT molecular complexity index is 333. The van der Waals surface area contributed by atoms with E-state index >= 15 is 0 Å². The van der Waals surface area contributed by atoms with Crippen LogP contribution in [0, 0.1) is 5.92 Å². The normalized spacial score (nSPS) is 18.6. The van der Waals surface area contributed by atoms with Crippen LogP contribution in [-0.4, -0.2) is 23.5 Å². The monoisotopic (exact) mass is 239 g/mol. The van der Waals surface area contributed by atoms with Gasteiger partial charge in [-0.25, -0.2) is 4.98 Å². The summed E-state index contributed by atoms with van der Waals surface area (Å²) in [7, 11) is 0. The Kier molecular flexibility index (Phi) is 3.90. The predicted octanol–water partition coefficient (Wildman–Crippen LogP) is 1.39. The average Bonchev–Trinajstić information content (AvgIpc) is 2.96. The van der Waals surface area contributed by atoms with Gasteiger partial charge in [0.15, 0.2) is 0 Å². The van der Waals surface area contributed by atoms with Crippen LogP contribution in [0.5, 0.6) is 0 Å². The number of hydrogen-bond donors (Lipinski definition) is 2. The van der Waals surface area contributed by atoms with Gasteiger partial charge in [-0.1, -0.05) is 12.8 Å². The minimum atomic E-state index is -0.0939. The van der Waals surface area contributed by atoms with E-state index in [0.717, 1.165) is 0 Å². The van der Waals surface area contributed by atoms with Crippen LogP contribution in [-0.2, 0) is 0 Å². The second-order valence-electron chi connectivity index (χ2n) is 4.23. The second kappa shape index (κ2) is 5.41. The van der Waals surface area contributed by atoms with Gasteiger partial charge in [-0.3, -0.25) is 4.79 Å². The summed E-state index contributed by atoms with van der Waals surface area (Å²) < 4.78 is 0. The van der Waals surface area contributed by atoms with Crippen molar-refractivity contribution in [1.29, 1.82) is 0 Å². The number of carbonyl (C=O) groups excluding carboxylic acids is 1. The first kappa shape index (κ1) is 11.5. The van der Waals surface area contributed by atoms with E-state index in [1.54, 1.807) is 10.9 Å². The third-order valence-corrected chi connectivity index (χ3v) is 3.79. The minimum absolute atomic E-state index is 0.0939. The number of hydrogen-bond acceptors (Lipinski definition) is 4. The van der Waals surface area contributed by atoms with E-state index in [-0.39, 0.29) is 11.9 Å². The number of nitrogens with two attached hydrogens (primary N) is 1. The molecule has 1 aromatic rings. The molecule has 88 valence electrons. The molecule has 4 nitrogen and oxygen atoms in total. The zero-order valence-corrected chi connectivity index (χ0v) is 10.0. The Morgan fingerprint density at radius 1 is 1.62 bits per heavy atom. The van der Waals surface area contributed by atoms with Crippen LogP contribution in [0.1, 0.15) is 36.2 Å². The first-order chi connectivity index (χ1) is 7.81. The highest BCUT2D eigenvalue weighted by molar-refractivity contribution is 7.07. The fraction of sp³-hybridized carbons (Fsp3) is 0.636. The van der Waals surface area contributed by atoms with E-state index < -0.39 is 0 Å². The van der Waals surface area contributed by atoms with Gasteiger partial charge in [0, 0.05) is 18.0 Å². The van der Waals surface area contributed by atoms with E-state index in [9.17, 15) is 4.79 Å². The molecule has 1 aromatic heterocycles. The standard InChI is InChI=1S/C11H17N3OS/c12-5-9(8-3-1-2-4-8)14-11(15)10-6-16-7-13-10/h6-9H,1-5,12H2,(H,14,15). The van der Waals surface area contributed by atoms with Crippen molar-refractivity contribution in [3.8, 4) is 0 Å². The number of aromatic nitrogens is 1. The van der Waals surface area contributed by atoms with Crippen molar-refractivity contribution in [2.45, 2.75) is 31.7 Å². The highest BCUT2D eigenvalue weighted by Gasteiger charge is 2.25. The van der Waals surface area contributed by atoms with Crippen molar-refractivity contribution in [3.63, 3.8) is 0 Å². The highest BCUT2D eigenvalue weighted by Crippen LogP contribution is 2.27. The topological polar surface area (TPSA) is 68.0 Å². The van der Waals surface area contributed by atoms with Crippen LogP contribution in [0.25, 0.3) is 0 Å². The third kappa shape index (κ3) is 2.59. The largest absolute Gasteiger partial charge is 0.346 e. The molecule has 0 spiro atoms. The van der Waals surface area contributed by atoms with Crippen LogP contribution in [0.2, 0.25) is 0 Å². The summed E-state index contributed by atoms with van der Waals surface area (Å²) in [5.74, 6) is 0.455. The van der Waals surface area contributed by atoms with Gasteiger partial charge in [-0.15, -0.1) is 11.3 Å². The predicted molar refractivity (Wildman–Crippen MR) is 64.4 cm³/mol. The molecule has 2 rings (SSSR count). The van der Waals surface area contributed by atoms with Crippen LogP contribution in [0.4, 0.5) is 0 Å². The fourth-order valence-electron chi connectivity index (χ4n) is 2.30. The number of rotatable bonds is 4. The molecular weight excluding hydrogens is 222 g/mol. The van der Waals surface area contributed by atoms with Gasteiger partial charge in [0.25, 0.3) is 5.91 Å². The molecule has 1 aliphatic rings. The van der Waals surface area contributed by atoms with Gasteiger partial charge in [0.2, 0.25) is 0 Å². The minimum Gasteiger partial charge on any atom is -0.346 e. The molecule has 16 heavy (non-hydrogen) atoms. The molecule has 1 amide bonds. The summed E-state index contributed by atoms with van der Waals surface area (Å²) in [4.78, 5) is 15.8. The zero-order chi connectivity index (χ0) is 11.4. The second-order valence-corrected chi connectivity index (χ2v) is 4.95. The summed E-state index contributed by atoms with van der Waals surface area (Å²) in [5.41, 5.74) is 7.89. The van der Waals surface area contributed by atoms with Gasteiger partial charge in [0.1, 0.15) is 5.69 Å². The third-order valence-electron chi connectivity index (χ3n) is 3.20. The molecule has 1 fully saturated rings. The molecule has 5 heteroatoms. The molecule has 0 saturated heterocycles. The van der Waals surface area contributed by atoms with Crippen molar-refractivity contribution in [3.05, 3.63) is 16.6 Å². The molecule has 0 radical (unpaired) electrons. The highest BCUT2D eigenvalue weighted by atomic mass is 32.1. The molecule has 1 saturated carbocycles. The van der Waals surface area contributed by atoms with Gasteiger partial charge in [-0.05, 0) is 18.8 Å². The van der Waals surface area contributed by atoms with Crippen LogP contribution < -0.4 is 11.1 Å². The summed E-state index contributed by atoms with van der Waals surface area (Å²) in [6, 6.07) is 0.108. The molecule has 1 atom stereocenters. The van der Waals surface area contributed by atoms with Gasteiger partial charge in [-0.2, -0.15) is 0 Å². The average molecular weight is 239 g/mol. The van der Waals surface area contributed by atoms with Crippen molar-refractivity contribution < 1.29 is 4.79 Å². The van der Waals surface area contributed by atoms with Gasteiger partial charge < -0.3 is 11.1 Å². The lowest BCUT2D eigenvalue weighted by atomic mass is 9.98. The summed E-state index contributed by atoms with van der Waals surface area (Å²) >= 11 is 1.43. The van der Waals surface area contributed by atoms with Crippen molar-refractivity contribution in [1.82, 2.24) is 10.3 Å². The Morgan fingerprint density at radius 3 is 2.94 bits per heavy atom. The number of amides is 1. The molecule has 0 aliphatic heterocycles. The van der Waals surface area contributed by atoms with E-state index in [1.165, 1.54) is 37.0 Å². The molecule has 1 heterocycles. The maximum Gasteiger partial charge on any atom is 0.271 e. The summed E-state index contributed by atoms with van der Waals surface area (Å²) in [5, 5.41) is 4.75. The number of nitrogens with zero attached hydrogens (tertiary/aromatic N) is 1. The Hall–Kier alpha value is -0.940. The Labute approximate surface area is 99.3 Å². The summed E-state index contributed by atoms with van der Waals surface area (Å²) in [6.45, 7) is 0.514. The number of thiazole rings is 1. The smallest absolute Gasteiger partial charge is 0.271 e. The van der Waals surface area contributed by atoms with Gasteiger partial charge in [0.05, 0.1) is 5.51 Å². The van der Waals surface area contributed by atoms with E-state index in [4.69, 9.17) is 5.73 Å². The maximum atomic E-state index is 11.8. The van der Waals surface area contributed by atoms with Crippen LogP contribution in [0.15, 0.2) is 10.9 Å². The molecule has 0 aromatic carbocycles. The quantitative estimate of drug-likeness (QED) is 0.834. The molecule has 1 unspecified atom stereocenters. The lowest BCUT2D eigenvalue weighted by molar-refractivity contribution is 0.0920. The molecule has 0 bridgehead atoms. The Morgan fingerprint density at radius 2 is 2.38 bits per heavy atom. The number of carbonyl (C=O) groups is 1. The van der Waals surface area contributed by atoms with E-state index in [1.807, 2.05) is 0 Å². The van der Waals surface area contributed by atoms with E-state index in [0.29, 0.717) is 18.2 Å². The lowest BCUT2D eigenvalue weighted by Gasteiger charge is -2.22. The first-order valence-corrected chi connectivity index (χ1v) is 6.64. The maximum absolute atomic E-state index is 11.8. The van der Waals surface area contributed by atoms with E-state index in [2.05, 4.69) is 10.3 Å². The van der Waals surface area contributed by atoms with Crippen LogP contribution in [0.3, 0.4) is 0 Å². The van der Waals surface area contributed by atoms with Crippen LogP contribution >= 0.6 is 11.3 Å². The molecule has 1 aliphatic carbocycles. The van der Waals surface area contributed by atoms with Crippen molar-refractivity contribution in [2.75, 3.05) is 6.54 Å². The fourth-order valence-corrected chi connectivity index (χ4v) is 2.83. The SMILES string of the molecule is NCC(NC(=O)c1cscn1)C1CCCC1. The lowest BCUT2D eigenvalue weighted by Crippen LogP contribution is -2.44. The zero-order valence-electron chi connectivity index (χ0n) is 9.19. The van der Waals surface area contributed by atoms with Crippen molar-refractivity contribution in [2.24, 2.45) is 11.7 Å². The van der Waals surface area contributed by atoms with Crippen molar-refractivity contribution >= 4 is 17.2 Å². The molecular formula is C11H17N3OS. The number of nitrogens with one attached hydrogen (secondary N) is 1. The van der Waals surface area contributed by atoms with Gasteiger partial charge >= 0.3 is 0 Å². The molecule has 3 N–H and O–H groups in total. The Balaban J connectivity index is 1.93. The first-order valence-electron chi connectivity index (χ1n) is 5.70. The summed E-state index contributed by atoms with van der Waals surface area (Å²) in [6.07, 6.45) is 4.87.